The molecule has 1 aliphatic rings. The zero-order chi connectivity index (χ0) is 9.41. The van der Waals surface area contributed by atoms with Crippen molar-refractivity contribution in [1.29, 1.82) is 0 Å². The molecule has 1 rings (SSSR count). The van der Waals surface area contributed by atoms with Gasteiger partial charge in [-0.05, 0) is 33.6 Å². The van der Waals surface area contributed by atoms with Gasteiger partial charge in [-0.3, -0.25) is 9.51 Å². The molecule has 0 aromatic carbocycles. The van der Waals surface area contributed by atoms with Crippen LogP contribution in [0.2, 0.25) is 0 Å². The number of hydrogen-bond donors (Lipinski definition) is 0. The van der Waals surface area contributed by atoms with Gasteiger partial charge in [0.25, 0.3) is 0 Å². The van der Waals surface area contributed by atoms with E-state index in [1.54, 1.807) is 0 Å². The van der Waals surface area contributed by atoms with Crippen LogP contribution in [0, 0.1) is 0 Å². The molecule has 0 saturated carbocycles. The summed E-state index contributed by atoms with van der Waals surface area (Å²) in [6.07, 6.45) is 0. The Morgan fingerprint density at radius 1 is 1.08 bits per heavy atom. The minimum absolute atomic E-state index is 0.785. The lowest BCUT2D eigenvalue weighted by atomic mass is 10.4. The van der Waals surface area contributed by atoms with Gasteiger partial charge < -0.3 is 0 Å². The van der Waals surface area contributed by atoms with E-state index in [-0.39, 0.29) is 0 Å². The van der Waals surface area contributed by atoms with Crippen LogP contribution in [-0.2, 0) is 0 Å². The first kappa shape index (κ1) is 10.2. The van der Waals surface area contributed by atoms with Gasteiger partial charge in [-0.15, -0.1) is 0 Å². The molecule has 0 N–H and O–H groups in total. The molecule has 0 aromatic rings. The monoisotopic (exact) mass is 205 g/mol. The molecule has 70 valence electrons. The highest BCUT2D eigenvalue weighted by Crippen LogP contribution is 2.58. The molecular weight excluding hydrogens is 188 g/mol. The van der Waals surface area contributed by atoms with Gasteiger partial charge in [-0.2, -0.15) is 0 Å². The van der Waals surface area contributed by atoms with Gasteiger partial charge in [0.1, 0.15) is 0 Å². The second-order valence-corrected chi connectivity index (χ2v) is 10.4. The lowest BCUT2D eigenvalue weighted by Gasteiger charge is -2.11. The highest BCUT2D eigenvalue weighted by atomic mass is 31.2. The fraction of sp³-hybridized carbons (Fsp3) is 0.857. The van der Waals surface area contributed by atoms with Crippen LogP contribution in [0.5, 0.6) is 0 Å². The highest BCUT2D eigenvalue weighted by Gasteiger charge is 2.13. The van der Waals surface area contributed by atoms with Crippen LogP contribution >= 0.6 is 14.4 Å². The molecule has 0 unspecified atom stereocenters. The normalized spacial score (nSPS) is 26.2. The largest absolute Gasteiger partial charge is 0.275 e. The van der Waals surface area contributed by atoms with Crippen molar-refractivity contribution in [1.82, 2.24) is 0 Å². The fourth-order valence-corrected chi connectivity index (χ4v) is 7.43. The van der Waals surface area contributed by atoms with Crippen molar-refractivity contribution in [2.75, 3.05) is 33.2 Å². The third-order valence-corrected chi connectivity index (χ3v) is 6.67. The van der Waals surface area contributed by atoms with E-state index in [0.717, 1.165) is 12.3 Å². The minimum atomic E-state index is -1.39. The summed E-state index contributed by atoms with van der Waals surface area (Å²) in [6.45, 7) is 11.4. The summed E-state index contributed by atoms with van der Waals surface area (Å²) in [6, 6.07) is 0. The van der Waals surface area contributed by atoms with E-state index in [1.165, 1.54) is 0 Å². The fourth-order valence-electron chi connectivity index (χ4n) is 1.31. The number of hydrogen-bond acceptors (Lipinski definition) is 3. The van der Waals surface area contributed by atoms with Gasteiger partial charge in [0, 0.05) is 5.71 Å². The third kappa shape index (κ3) is 2.88. The summed E-state index contributed by atoms with van der Waals surface area (Å²) in [5.74, 6) is 0. The molecule has 3 nitrogen and oxygen atoms in total. The summed E-state index contributed by atoms with van der Waals surface area (Å²) in [7, 11) is -2.74. The molecule has 0 spiro atoms. The summed E-state index contributed by atoms with van der Waals surface area (Å²) < 4.78 is 13.9. The Kier molecular flexibility index (Phi) is 2.66. The average Bonchev–Trinajstić information content (AvgIpc) is 1.86. The first-order chi connectivity index (χ1) is 5.31. The molecule has 0 radical (unpaired) electrons. The molecule has 12 heavy (non-hydrogen) atoms. The van der Waals surface area contributed by atoms with Crippen molar-refractivity contribution in [3.05, 3.63) is 0 Å². The number of rotatable bonds is 0. The predicted molar refractivity (Wildman–Crippen MR) is 60.4 cm³/mol. The molecule has 0 amide bonds. The Morgan fingerprint density at radius 2 is 1.67 bits per heavy atom. The molecule has 0 aromatic heterocycles. The first-order valence-electron chi connectivity index (χ1n) is 3.98. The molecule has 0 saturated heterocycles. The van der Waals surface area contributed by atoms with Crippen LogP contribution in [0.3, 0.4) is 0 Å². The van der Waals surface area contributed by atoms with E-state index >= 15 is 0 Å². The lowest BCUT2D eigenvalue weighted by molar-refractivity contribution is 1.31. The number of nitrogens with zero attached hydrogens (tertiary/aromatic N) is 3. The third-order valence-electron chi connectivity index (χ3n) is 1.50. The summed E-state index contributed by atoms with van der Waals surface area (Å²) >= 11 is 0. The Hall–Kier alpha value is 0.130. The molecule has 5 heteroatoms. The molecular formula is C7H17N3P2. The van der Waals surface area contributed by atoms with Crippen LogP contribution in [0.25, 0.3) is 0 Å². The van der Waals surface area contributed by atoms with E-state index in [4.69, 9.17) is 4.52 Å². The van der Waals surface area contributed by atoms with E-state index in [9.17, 15) is 0 Å². The van der Waals surface area contributed by atoms with E-state index in [0.29, 0.717) is 0 Å². The Bertz CT molecular complexity index is 316. The average molecular weight is 205 g/mol. The van der Waals surface area contributed by atoms with Crippen LogP contribution in [0.15, 0.2) is 14.0 Å². The zero-order valence-corrected chi connectivity index (χ0v) is 10.2. The lowest BCUT2D eigenvalue weighted by Crippen LogP contribution is -1.94. The van der Waals surface area contributed by atoms with Crippen molar-refractivity contribution < 1.29 is 0 Å². The minimum Gasteiger partial charge on any atom is -0.275 e. The Morgan fingerprint density at radius 3 is 2.25 bits per heavy atom. The first-order valence-corrected chi connectivity index (χ1v) is 9.16. The van der Waals surface area contributed by atoms with Gasteiger partial charge in [-0.1, -0.05) is 0 Å². The molecule has 0 fully saturated rings. The Balaban J connectivity index is 3.24. The van der Waals surface area contributed by atoms with E-state index in [1.807, 2.05) is 6.92 Å². The van der Waals surface area contributed by atoms with Gasteiger partial charge in [0.15, 0.2) is 0 Å². The topological polar surface area (TPSA) is 37.1 Å². The van der Waals surface area contributed by atoms with Gasteiger partial charge in [-0.25, -0.2) is 4.52 Å². The van der Waals surface area contributed by atoms with Crippen LogP contribution < -0.4 is 0 Å². The van der Waals surface area contributed by atoms with Gasteiger partial charge >= 0.3 is 0 Å². The molecule has 0 aliphatic carbocycles. The van der Waals surface area contributed by atoms with E-state index < -0.39 is 14.4 Å². The molecule has 0 atom stereocenters. The van der Waals surface area contributed by atoms with Crippen molar-refractivity contribution in [2.24, 2.45) is 14.0 Å². The Labute approximate surface area is 74.9 Å². The van der Waals surface area contributed by atoms with Crippen LogP contribution in [0.1, 0.15) is 6.92 Å². The SMILES string of the molecule is CC1=NP(C)(C)=NP(C)(C)=NC1. The maximum atomic E-state index is 4.76. The molecule has 0 bridgehead atoms. The highest BCUT2D eigenvalue weighted by molar-refractivity contribution is 7.75. The van der Waals surface area contributed by atoms with Crippen molar-refractivity contribution in [3.8, 4) is 0 Å². The van der Waals surface area contributed by atoms with Gasteiger partial charge in [0.2, 0.25) is 0 Å². The maximum absolute atomic E-state index is 4.76. The summed E-state index contributed by atoms with van der Waals surface area (Å²) in [5.41, 5.74) is 1.14. The van der Waals surface area contributed by atoms with Crippen molar-refractivity contribution >= 4 is 20.1 Å². The van der Waals surface area contributed by atoms with E-state index in [2.05, 4.69) is 36.2 Å². The van der Waals surface area contributed by atoms with Crippen molar-refractivity contribution in [2.45, 2.75) is 6.92 Å². The quantitative estimate of drug-likeness (QED) is 0.544. The summed E-state index contributed by atoms with van der Waals surface area (Å²) in [4.78, 5) is 0. The zero-order valence-electron chi connectivity index (χ0n) is 8.44. The van der Waals surface area contributed by atoms with Gasteiger partial charge in [0.05, 0.1) is 21.0 Å². The second-order valence-electron chi connectivity index (χ2n) is 3.90. The molecule has 1 heterocycles. The predicted octanol–water partition coefficient (Wildman–Crippen LogP) is 3.21. The molecule has 1 aliphatic heterocycles. The van der Waals surface area contributed by atoms with Crippen molar-refractivity contribution in [3.63, 3.8) is 0 Å². The standard InChI is InChI=1S/C7H17N3P2/c1-7-6-8-11(2,3)10-12(4,5)9-7/h6H2,1-5H3. The van der Waals surface area contributed by atoms with Crippen LogP contribution in [0.4, 0.5) is 0 Å². The summed E-state index contributed by atoms with van der Waals surface area (Å²) in [5, 5.41) is 0. The smallest absolute Gasteiger partial charge is 0.0775 e. The van der Waals surface area contributed by atoms with Crippen LogP contribution in [-0.4, -0.2) is 38.9 Å². The second kappa shape index (κ2) is 3.12. The maximum Gasteiger partial charge on any atom is 0.0775 e.